The van der Waals surface area contributed by atoms with Crippen LogP contribution in [0.15, 0.2) is 42.5 Å². The summed E-state index contributed by atoms with van der Waals surface area (Å²) in [6, 6.07) is 14.1. The van der Waals surface area contributed by atoms with Crippen LogP contribution >= 0.6 is 0 Å². The van der Waals surface area contributed by atoms with E-state index >= 15 is 0 Å². The van der Waals surface area contributed by atoms with Crippen molar-refractivity contribution < 1.29 is 14.3 Å². The minimum atomic E-state index is -0.874. The van der Waals surface area contributed by atoms with E-state index in [-0.39, 0.29) is 29.6 Å². The van der Waals surface area contributed by atoms with Crippen molar-refractivity contribution >= 4 is 22.5 Å². The van der Waals surface area contributed by atoms with Crippen LogP contribution in [0.1, 0.15) is 32.4 Å². The molecule has 0 aliphatic carbocycles. The number of ether oxygens (including phenoxy) is 1. The molecule has 24 heavy (non-hydrogen) atoms. The van der Waals surface area contributed by atoms with Crippen LogP contribution in [0.2, 0.25) is 0 Å². The first-order valence-corrected chi connectivity index (χ1v) is 8.23. The second-order valence-electron chi connectivity index (χ2n) is 6.85. The lowest BCUT2D eigenvalue weighted by atomic mass is 9.78. The molecule has 0 bridgehead atoms. The van der Waals surface area contributed by atoms with Gasteiger partial charge in [-0.3, -0.25) is 14.9 Å². The quantitative estimate of drug-likeness (QED) is 0.880. The average molecular weight is 325 g/mol. The minimum absolute atomic E-state index is 0.0841. The lowest BCUT2D eigenvalue weighted by molar-refractivity contribution is -0.149. The number of hydrogen-bond donors (Lipinski definition) is 1. The fraction of sp³-hybridized carbons (Fsp3) is 0.400. The molecule has 1 N–H and O–H groups in total. The van der Waals surface area contributed by atoms with Crippen molar-refractivity contribution in [2.24, 2.45) is 11.8 Å². The Morgan fingerprint density at radius 1 is 1.12 bits per heavy atom. The van der Waals surface area contributed by atoms with E-state index in [1.165, 1.54) is 7.11 Å². The van der Waals surface area contributed by atoms with Gasteiger partial charge in [0.05, 0.1) is 7.11 Å². The van der Waals surface area contributed by atoms with Gasteiger partial charge >= 0.3 is 5.97 Å². The Hall–Kier alpha value is -2.20. The van der Waals surface area contributed by atoms with Crippen LogP contribution in [-0.4, -0.2) is 24.4 Å². The molecule has 1 heterocycles. The Morgan fingerprint density at radius 2 is 1.79 bits per heavy atom. The smallest absolute Gasteiger partial charge is 0.326 e. The number of fused-ring (bicyclic) bond motifs is 1. The number of methoxy groups -OCH3 is 1. The Balaban J connectivity index is 2.06. The largest absolute Gasteiger partial charge is 0.468 e. The van der Waals surface area contributed by atoms with E-state index in [1.54, 1.807) is 6.92 Å². The third kappa shape index (κ3) is 2.51. The number of rotatable bonds is 3. The van der Waals surface area contributed by atoms with Crippen LogP contribution in [0.3, 0.4) is 0 Å². The summed E-state index contributed by atoms with van der Waals surface area (Å²) in [5.41, 5.74) is 0.148. The fourth-order valence-corrected chi connectivity index (χ4v) is 3.93. The van der Waals surface area contributed by atoms with Gasteiger partial charge in [0.1, 0.15) is 11.3 Å². The SMILES string of the molecule is COC(=O)[C@@]1(C)N[C@@H](c2ccc3ccccc3c2)[C@@H](C(C)=O)[C@@H]1C. The monoisotopic (exact) mass is 325 g/mol. The number of hydrogen-bond acceptors (Lipinski definition) is 4. The summed E-state index contributed by atoms with van der Waals surface area (Å²) in [6.07, 6.45) is 0. The predicted octanol–water partition coefficient (Wildman–Crippen LogP) is 3.26. The third-order valence-electron chi connectivity index (χ3n) is 5.48. The molecule has 0 aromatic heterocycles. The maximum atomic E-state index is 12.3. The number of ketones is 1. The Labute approximate surface area is 142 Å². The zero-order chi connectivity index (χ0) is 17.5. The average Bonchev–Trinajstić information content (AvgIpc) is 2.86. The minimum Gasteiger partial charge on any atom is -0.468 e. The number of nitrogens with one attached hydrogen (secondary N) is 1. The standard InChI is InChI=1S/C20H23NO3/c1-12-17(13(2)22)18(21-20(12,3)19(23)24-4)16-10-9-14-7-5-6-8-15(14)11-16/h5-12,17-18,21H,1-4H3/t12-,17+,18-,20-/m0/s1. The Kier molecular flexibility index (Phi) is 4.18. The van der Waals surface area contributed by atoms with Crippen LogP contribution in [0.5, 0.6) is 0 Å². The second kappa shape index (κ2) is 6.02. The van der Waals surface area contributed by atoms with E-state index in [4.69, 9.17) is 4.74 Å². The summed E-state index contributed by atoms with van der Waals surface area (Å²) in [7, 11) is 1.38. The molecule has 1 saturated heterocycles. The first kappa shape index (κ1) is 16.7. The van der Waals surface area contributed by atoms with Crippen LogP contribution in [0.4, 0.5) is 0 Å². The molecule has 1 fully saturated rings. The van der Waals surface area contributed by atoms with E-state index in [9.17, 15) is 9.59 Å². The number of benzene rings is 2. The van der Waals surface area contributed by atoms with Gasteiger partial charge in [-0.25, -0.2) is 0 Å². The highest BCUT2D eigenvalue weighted by molar-refractivity contribution is 5.87. The van der Waals surface area contributed by atoms with Gasteiger partial charge in [0, 0.05) is 12.0 Å². The summed E-state index contributed by atoms with van der Waals surface area (Å²) in [4.78, 5) is 24.6. The second-order valence-corrected chi connectivity index (χ2v) is 6.85. The molecular formula is C20H23NO3. The summed E-state index contributed by atoms with van der Waals surface area (Å²) < 4.78 is 4.98. The molecule has 126 valence electrons. The van der Waals surface area contributed by atoms with Crippen molar-refractivity contribution in [1.82, 2.24) is 5.32 Å². The van der Waals surface area contributed by atoms with Crippen LogP contribution in [0.25, 0.3) is 10.8 Å². The van der Waals surface area contributed by atoms with Crippen molar-refractivity contribution in [1.29, 1.82) is 0 Å². The van der Waals surface area contributed by atoms with Gasteiger partial charge in [0.2, 0.25) is 0 Å². The summed E-state index contributed by atoms with van der Waals surface area (Å²) >= 11 is 0. The number of carbonyl (C=O) groups is 2. The number of Topliss-reactive ketones (excluding diaryl/α,β-unsaturated/α-hetero) is 1. The van der Waals surface area contributed by atoms with Gasteiger partial charge in [0.25, 0.3) is 0 Å². The molecule has 4 heteroatoms. The van der Waals surface area contributed by atoms with Gasteiger partial charge < -0.3 is 4.74 Å². The number of esters is 1. The molecule has 0 unspecified atom stereocenters. The van der Waals surface area contributed by atoms with E-state index in [1.807, 2.05) is 32.0 Å². The maximum Gasteiger partial charge on any atom is 0.326 e. The Morgan fingerprint density at radius 3 is 2.42 bits per heavy atom. The lowest BCUT2D eigenvalue weighted by Crippen LogP contribution is -2.50. The van der Waals surface area contributed by atoms with Crippen molar-refractivity contribution in [2.45, 2.75) is 32.4 Å². The van der Waals surface area contributed by atoms with Crippen molar-refractivity contribution in [2.75, 3.05) is 7.11 Å². The van der Waals surface area contributed by atoms with Crippen LogP contribution in [-0.2, 0) is 14.3 Å². The predicted molar refractivity (Wildman–Crippen MR) is 93.6 cm³/mol. The topological polar surface area (TPSA) is 55.4 Å². The zero-order valence-corrected chi connectivity index (χ0v) is 14.5. The van der Waals surface area contributed by atoms with Crippen LogP contribution < -0.4 is 5.32 Å². The molecule has 4 nitrogen and oxygen atoms in total. The molecule has 0 spiro atoms. The van der Waals surface area contributed by atoms with Crippen LogP contribution in [0, 0.1) is 11.8 Å². The highest BCUT2D eigenvalue weighted by atomic mass is 16.5. The molecule has 2 aromatic rings. The van der Waals surface area contributed by atoms with Gasteiger partial charge in [0.15, 0.2) is 0 Å². The third-order valence-corrected chi connectivity index (χ3v) is 5.48. The first-order valence-electron chi connectivity index (χ1n) is 8.23. The highest BCUT2D eigenvalue weighted by Gasteiger charge is 2.55. The van der Waals surface area contributed by atoms with E-state index < -0.39 is 5.54 Å². The van der Waals surface area contributed by atoms with Crippen molar-refractivity contribution in [3.8, 4) is 0 Å². The van der Waals surface area contributed by atoms with Gasteiger partial charge in [-0.2, -0.15) is 0 Å². The van der Waals surface area contributed by atoms with Crippen molar-refractivity contribution in [3.63, 3.8) is 0 Å². The van der Waals surface area contributed by atoms with Gasteiger partial charge in [-0.1, -0.05) is 43.3 Å². The first-order chi connectivity index (χ1) is 11.4. The fourth-order valence-electron chi connectivity index (χ4n) is 3.93. The molecule has 1 aliphatic heterocycles. The number of carbonyl (C=O) groups excluding carboxylic acids is 2. The van der Waals surface area contributed by atoms with E-state index in [2.05, 4.69) is 29.6 Å². The molecule has 3 rings (SSSR count). The Bertz CT molecular complexity index is 800. The normalized spacial score (nSPS) is 29.6. The van der Waals surface area contributed by atoms with Gasteiger partial charge in [-0.05, 0) is 42.2 Å². The molecule has 1 aliphatic rings. The summed E-state index contributed by atoms with van der Waals surface area (Å²) in [5.74, 6) is -0.667. The van der Waals surface area contributed by atoms with Crippen molar-refractivity contribution in [3.05, 3.63) is 48.0 Å². The molecule has 4 atom stereocenters. The molecule has 2 aromatic carbocycles. The summed E-state index contributed by atoms with van der Waals surface area (Å²) in [5, 5.41) is 5.66. The molecule has 0 saturated carbocycles. The van der Waals surface area contributed by atoms with Gasteiger partial charge in [-0.15, -0.1) is 0 Å². The maximum absolute atomic E-state index is 12.3. The van der Waals surface area contributed by atoms with E-state index in [0.717, 1.165) is 16.3 Å². The highest BCUT2D eigenvalue weighted by Crippen LogP contribution is 2.44. The zero-order valence-electron chi connectivity index (χ0n) is 14.5. The van der Waals surface area contributed by atoms with E-state index in [0.29, 0.717) is 0 Å². The molecule has 0 amide bonds. The lowest BCUT2D eigenvalue weighted by Gasteiger charge is -2.27. The molecular weight excluding hydrogens is 302 g/mol. The summed E-state index contributed by atoms with van der Waals surface area (Å²) in [6.45, 7) is 5.36. The molecule has 0 radical (unpaired) electrons.